The number of rotatable bonds is 10. The number of fused-ring (bicyclic) bond motifs is 1. The Labute approximate surface area is 193 Å². The van der Waals surface area contributed by atoms with Crippen LogP contribution in [0, 0.1) is 23.2 Å². The lowest BCUT2D eigenvalue weighted by Crippen LogP contribution is -2.50. The number of carbonyl (C=O) groups excluding carboxylic acids is 3. The summed E-state index contributed by atoms with van der Waals surface area (Å²) in [7, 11) is 0. The van der Waals surface area contributed by atoms with Gasteiger partial charge >= 0.3 is 0 Å². The van der Waals surface area contributed by atoms with Gasteiger partial charge < -0.3 is 25.7 Å². The second kappa shape index (κ2) is 10.9. The molecule has 1 saturated heterocycles. The summed E-state index contributed by atoms with van der Waals surface area (Å²) < 4.78 is 5.63. The van der Waals surface area contributed by atoms with Crippen LogP contribution in [0.15, 0.2) is 24.3 Å². The Kier molecular flexibility index (Phi) is 7.93. The minimum atomic E-state index is -0.816. The van der Waals surface area contributed by atoms with Crippen LogP contribution in [0.4, 0.5) is 0 Å². The van der Waals surface area contributed by atoms with Crippen molar-refractivity contribution in [1.82, 2.24) is 20.9 Å². The molecule has 33 heavy (non-hydrogen) atoms. The maximum Gasteiger partial charge on any atom is 0.268 e. The molecule has 1 aromatic carbocycles. The van der Waals surface area contributed by atoms with Crippen molar-refractivity contribution in [3.05, 3.63) is 30.0 Å². The molecule has 9 heteroatoms. The molecular formula is C24H31N5O4. The van der Waals surface area contributed by atoms with Crippen LogP contribution >= 0.6 is 0 Å². The van der Waals surface area contributed by atoms with Gasteiger partial charge in [-0.15, -0.1) is 0 Å². The maximum atomic E-state index is 13.0. The number of carbonyl (C=O) groups is 3. The smallest absolute Gasteiger partial charge is 0.268 e. The van der Waals surface area contributed by atoms with Crippen molar-refractivity contribution in [2.45, 2.75) is 52.1 Å². The molecule has 3 atom stereocenters. The highest BCUT2D eigenvalue weighted by Crippen LogP contribution is 2.26. The number of hydrogen-bond acceptors (Lipinski definition) is 5. The zero-order chi connectivity index (χ0) is 24.0. The van der Waals surface area contributed by atoms with Gasteiger partial charge in [0, 0.05) is 23.4 Å². The molecule has 1 fully saturated rings. The number of nitrogens with zero attached hydrogens (tertiary/aromatic N) is 1. The number of ether oxygens (including phenoxy) is 1. The van der Waals surface area contributed by atoms with Crippen molar-refractivity contribution in [2.24, 2.45) is 11.8 Å². The summed E-state index contributed by atoms with van der Waals surface area (Å²) in [6.45, 7) is 6.88. The average molecular weight is 454 g/mol. The predicted molar refractivity (Wildman–Crippen MR) is 123 cm³/mol. The van der Waals surface area contributed by atoms with Crippen LogP contribution in [0.5, 0.6) is 5.75 Å². The second-order valence-electron chi connectivity index (χ2n) is 8.69. The van der Waals surface area contributed by atoms with Gasteiger partial charge in [0.05, 0.1) is 12.7 Å². The summed E-state index contributed by atoms with van der Waals surface area (Å²) in [4.78, 5) is 40.9. The Morgan fingerprint density at radius 3 is 2.73 bits per heavy atom. The molecule has 9 nitrogen and oxygen atoms in total. The van der Waals surface area contributed by atoms with E-state index in [4.69, 9.17) is 4.74 Å². The highest BCUT2D eigenvalue weighted by atomic mass is 16.5. The van der Waals surface area contributed by atoms with Crippen molar-refractivity contribution in [3.8, 4) is 11.8 Å². The fourth-order valence-electron chi connectivity index (χ4n) is 4.04. The fraction of sp³-hybridized carbons (Fsp3) is 0.500. The normalized spacial score (nSPS) is 17.3. The Bertz CT molecular complexity index is 1050. The average Bonchev–Trinajstić information content (AvgIpc) is 3.39. The SMILES string of the molecule is CCOc1cccc2[nH]c(C(=O)N[C@@H](CC(C)C)C(=O)N[C@H](C#N)C[C@@H]3CCNC3=O)cc12. The van der Waals surface area contributed by atoms with E-state index in [1.165, 1.54) is 0 Å². The largest absolute Gasteiger partial charge is 0.493 e. The number of benzene rings is 1. The van der Waals surface area contributed by atoms with Gasteiger partial charge in [-0.1, -0.05) is 19.9 Å². The molecule has 0 aliphatic carbocycles. The molecule has 0 bridgehead atoms. The quantitative estimate of drug-likeness (QED) is 0.437. The van der Waals surface area contributed by atoms with Crippen molar-refractivity contribution >= 4 is 28.6 Å². The summed E-state index contributed by atoms with van der Waals surface area (Å²) in [5, 5.41) is 18.5. The topological polar surface area (TPSA) is 136 Å². The minimum absolute atomic E-state index is 0.0956. The first-order valence-corrected chi connectivity index (χ1v) is 11.4. The van der Waals surface area contributed by atoms with Gasteiger partial charge in [0.25, 0.3) is 5.91 Å². The van der Waals surface area contributed by atoms with Crippen LogP contribution in [0.1, 0.15) is 50.5 Å². The first kappa shape index (κ1) is 24.1. The van der Waals surface area contributed by atoms with E-state index in [0.29, 0.717) is 37.4 Å². The molecule has 176 valence electrons. The van der Waals surface area contributed by atoms with Gasteiger partial charge in [0.2, 0.25) is 11.8 Å². The molecule has 0 unspecified atom stereocenters. The van der Waals surface area contributed by atoms with Crippen molar-refractivity contribution in [1.29, 1.82) is 5.26 Å². The highest BCUT2D eigenvalue weighted by molar-refractivity contribution is 6.01. The molecule has 0 saturated carbocycles. The van der Waals surface area contributed by atoms with Crippen LogP contribution < -0.4 is 20.7 Å². The predicted octanol–water partition coefficient (Wildman–Crippen LogP) is 2.25. The van der Waals surface area contributed by atoms with Crippen LogP contribution in [0.25, 0.3) is 10.9 Å². The molecule has 1 aliphatic heterocycles. The van der Waals surface area contributed by atoms with E-state index in [1.54, 1.807) is 6.07 Å². The van der Waals surface area contributed by atoms with Crippen LogP contribution in [0.2, 0.25) is 0 Å². The third-order valence-electron chi connectivity index (χ3n) is 5.65. The van der Waals surface area contributed by atoms with Crippen LogP contribution in [0.3, 0.4) is 0 Å². The monoisotopic (exact) mass is 453 g/mol. The molecule has 3 amide bonds. The molecular weight excluding hydrogens is 422 g/mol. The molecule has 1 aliphatic rings. The lowest BCUT2D eigenvalue weighted by atomic mass is 9.98. The van der Waals surface area contributed by atoms with E-state index in [0.717, 1.165) is 10.9 Å². The third-order valence-corrected chi connectivity index (χ3v) is 5.65. The standard InChI is InChI=1S/C24H31N5O4/c1-4-33-21-7-5-6-18-17(21)12-20(28-18)24(32)29-19(10-14(2)3)23(31)27-16(13-25)11-15-8-9-26-22(15)30/h5-7,12,14-16,19,28H,4,8-11H2,1-3H3,(H,26,30)(H,27,31)(H,29,32)/t15-,16-,19-/m0/s1. The van der Waals surface area contributed by atoms with E-state index in [-0.39, 0.29) is 24.2 Å². The first-order chi connectivity index (χ1) is 15.8. The molecule has 3 rings (SSSR count). The number of hydrogen-bond donors (Lipinski definition) is 4. The summed E-state index contributed by atoms with van der Waals surface area (Å²) in [6.07, 6.45) is 1.30. The van der Waals surface area contributed by atoms with E-state index in [1.807, 2.05) is 39.0 Å². The van der Waals surface area contributed by atoms with E-state index in [2.05, 4.69) is 27.0 Å². The molecule has 0 radical (unpaired) electrons. The van der Waals surface area contributed by atoms with Gasteiger partial charge in [-0.2, -0.15) is 5.26 Å². The number of nitrogens with one attached hydrogen (secondary N) is 4. The molecule has 4 N–H and O–H groups in total. The van der Waals surface area contributed by atoms with Gasteiger partial charge in [-0.3, -0.25) is 14.4 Å². The summed E-state index contributed by atoms with van der Waals surface area (Å²) >= 11 is 0. The maximum absolute atomic E-state index is 13.0. The zero-order valence-corrected chi connectivity index (χ0v) is 19.2. The number of nitriles is 1. The van der Waals surface area contributed by atoms with E-state index in [9.17, 15) is 19.6 Å². The van der Waals surface area contributed by atoms with Gasteiger partial charge in [0.15, 0.2) is 0 Å². The molecule has 2 heterocycles. The van der Waals surface area contributed by atoms with Gasteiger partial charge in [0.1, 0.15) is 23.5 Å². The van der Waals surface area contributed by atoms with Gasteiger partial charge in [-0.05, 0) is 50.3 Å². The summed E-state index contributed by atoms with van der Waals surface area (Å²) in [5.41, 5.74) is 1.08. The summed E-state index contributed by atoms with van der Waals surface area (Å²) in [6, 6.07) is 7.68. The number of amides is 3. The first-order valence-electron chi connectivity index (χ1n) is 11.4. The van der Waals surface area contributed by atoms with Crippen molar-refractivity contribution in [2.75, 3.05) is 13.2 Å². The lowest BCUT2D eigenvalue weighted by Gasteiger charge is -2.22. The Morgan fingerprint density at radius 2 is 2.09 bits per heavy atom. The zero-order valence-electron chi connectivity index (χ0n) is 19.2. The molecule has 1 aromatic heterocycles. The number of aromatic amines is 1. The lowest BCUT2D eigenvalue weighted by molar-refractivity contribution is -0.125. The number of aromatic nitrogens is 1. The highest BCUT2D eigenvalue weighted by Gasteiger charge is 2.30. The second-order valence-corrected chi connectivity index (χ2v) is 8.69. The van der Waals surface area contributed by atoms with Gasteiger partial charge in [-0.25, -0.2) is 0 Å². The third kappa shape index (κ3) is 6.04. The Hall–Kier alpha value is -3.54. The van der Waals surface area contributed by atoms with Crippen molar-refractivity contribution in [3.63, 3.8) is 0 Å². The van der Waals surface area contributed by atoms with E-state index < -0.39 is 23.9 Å². The Balaban J connectivity index is 1.71. The number of H-pyrrole nitrogens is 1. The molecule has 2 aromatic rings. The summed E-state index contributed by atoms with van der Waals surface area (Å²) in [5.74, 6) is -0.434. The van der Waals surface area contributed by atoms with Crippen LogP contribution in [-0.2, 0) is 9.59 Å². The van der Waals surface area contributed by atoms with Crippen LogP contribution in [-0.4, -0.2) is 47.9 Å². The molecule has 0 spiro atoms. The minimum Gasteiger partial charge on any atom is -0.493 e. The fourth-order valence-corrected chi connectivity index (χ4v) is 4.04. The van der Waals surface area contributed by atoms with E-state index >= 15 is 0 Å². The van der Waals surface area contributed by atoms with Crippen molar-refractivity contribution < 1.29 is 19.1 Å². The Morgan fingerprint density at radius 1 is 1.30 bits per heavy atom.